The average molecular weight is 1220 g/mol. The van der Waals surface area contributed by atoms with Crippen LogP contribution in [0.2, 0.25) is 0 Å². The van der Waals surface area contributed by atoms with Gasteiger partial charge in [-0.1, -0.05) is 121 Å². The van der Waals surface area contributed by atoms with Crippen LogP contribution in [0.5, 0.6) is 34.5 Å². The lowest BCUT2D eigenvalue weighted by Gasteiger charge is -2.19. The summed E-state index contributed by atoms with van der Waals surface area (Å²) in [5, 5.41) is 41.0. The Labute approximate surface area is 527 Å². The molecule has 0 saturated carbocycles. The Kier molecular flexibility index (Phi) is 19.6. The normalized spacial score (nSPS) is 11.4. The summed E-state index contributed by atoms with van der Waals surface area (Å²) in [6, 6.07) is 58.6. The van der Waals surface area contributed by atoms with Crippen LogP contribution in [0, 0.1) is 22.7 Å². The molecule has 0 bridgehead atoms. The van der Waals surface area contributed by atoms with Crippen molar-refractivity contribution >= 4 is 81.3 Å². The molecule has 0 atom stereocenters. The number of allylic oxidation sites excluding steroid dienone is 2. The Morgan fingerprint density at radius 2 is 0.728 bits per heavy atom. The highest BCUT2D eigenvalue weighted by molar-refractivity contribution is 6.13. The molecule has 0 saturated heterocycles. The zero-order chi connectivity index (χ0) is 64.7. The molecule has 2 N–H and O–H groups in total. The molecular weight excluding hydrogens is 1160 g/mol. The number of nitrogens with zero attached hydrogens (tertiary/aromatic N) is 2. The number of carbonyl (C=O) groups is 6. The van der Waals surface area contributed by atoms with Gasteiger partial charge in [0, 0.05) is 22.3 Å². The maximum Gasteiger partial charge on any atom is 0.354 e. The van der Waals surface area contributed by atoms with E-state index in [0.717, 1.165) is 0 Å². The number of ether oxygens (including phenoxy) is 6. The van der Waals surface area contributed by atoms with E-state index in [9.17, 15) is 49.5 Å². The van der Waals surface area contributed by atoms with Gasteiger partial charge in [0.1, 0.15) is 57.8 Å². The molecule has 0 unspecified atom stereocenters. The molecule has 0 aromatic heterocycles. The van der Waals surface area contributed by atoms with Gasteiger partial charge >= 0.3 is 23.9 Å². The summed E-state index contributed by atoms with van der Waals surface area (Å²) in [7, 11) is 3.03. The van der Waals surface area contributed by atoms with Crippen LogP contribution in [0.15, 0.2) is 230 Å². The Bertz CT molecular complexity index is 4400. The van der Waals surface area contributed by atoms with Gasteiger partial charge in [0.05, 0.1) is 38.6 Å². The lowest BCUT2D eigenvalue weighted by molar-refractivity contribution is -0.130. The zero-order valence-electron chi connectivity index (χ0n) is 49.2. The number of methoxy groups -OCH3 is 2. The minimum atomic E-state index is -0.936. The van der Waals surface area contributed by atoms with E-state index in [0.29, 0.717) is 88.7 Å². The van der Waals surface area contributed by atoms with Crippen molar-refractivity contribution in [2.24, 2.45) is 0 Å². The Hall–Kier alpha value is -12.6. The minimum absolute atomic E-state index is 0.0145. The van der Waals surface area contributed by atoms with E-state index >= 15 is 0 Å². The largest absolute Gasteiger partial charge is 0.497 e. The number of aliphatic hydroxyl groups is 2. The van der Waals surface area contributed by atoms with Crippen LogP contribution < -0.4 is 28.4 Å². The molecule has 10 aromatic rings. The van der Waals surface area contributed by atoms with Crippen molar-refractivity contribution in [3.05, 3.63) is 285 Å². The first-order valence-corrected chi connectivity index (χ1v) is 28.3. The highest BCUT2D eigenvalue weighted by Gasteiger charge is 2.25. The maximum absolute atomic E-state index is 14.5. The molecule has 0 spiro atoms. The van der Waals surface area contributed by atoms with Crippen LogP contribution >= 0.6 is 0 Å². The average Bonchev–Trinajstić information content (AvgIpc) is 0.759. The van der Waals surface area contributed by atoms with Gasteiger partial charge in [0.25, 0.3) is 0 Å². The molecule has 0 heterocycles. The van der Waals surface area contributed by atoms with Gasteiger partial charge in [0.15, 0.2) is 11.6 Å². The molecular formula is C76H52N2O14. The van der Waals surface area contributed by atoms with Crippen LogP contribution in [0.25, 0.3) is 57.0 Å². The topological polar surface area (TPSA) is 246 Å². The fourth-order valence-corrected chi connectivity index (χ4v) is 9.60. The van der Waals surface area contributed by atoms with Gasteiger partial charge in [-0.15, -0.1) is 0 Å². The highest BCUT2D eigenvalue weighted by Crippen LogP contribution is 2.47. The third kappa shape index (κ3) is 15.0. The van der Waals surface area contributed by atoms with E-state index in [-0.39, 0.29) is 70.1 Å². The Morgan fingerprint density at radius 1 is 0.391 bits per heavy atom. The standard InChI is InChI=1S/C76H52N2O14/c1-87-61-25-7-47(8-26-61)41-59(43-77)75(85)89-63-29-19-55(20-30-63)73(83)91-69-37-23-57-39-49(13-35-67(81)53-15-3-51(45-79)4-16-53)11-33-65(57)71(69)72-66-34-12-50(14-36-68(82)54-17-5-52(46-80)6-18-54)40-58(66)24-38-70(72)92-74(84)56-21-31-64(32-22-56)90-76(86)60(44-78)42-48-9-27-62(88-2)28-10-48/h3-42,79-80H,45-46H2,1-2H3/b35-13+,36-14+,59-41+,60-42+. The predicted octanol–water partition coefficient (Wildman–Crippen LogP) is 13.9. The van der Waals surface area contributed by atoms with E-state index in [1.165, 1.54) is 87.1 Å². The molecule has 10 aromatic carbocycles. The second kappa shape index (κ2) is 28.9. The molecule has 16 nitrogen and oxygen atoms in total. The van der Waals surface area contributed by atoms with Crippen molar-refractivity contribution in [2.45, 2.75) is 13.2 Å². The number of aliphatic hydroxyl groups excluding tert-OH is 2. The molecule has 92 heavy (non-hydrogen) atoms. The Morgan fingerprint density at radius 3 is 1.07 bits per heavy atom. The van der Waals surface area contributed by atoms with Crippen LogP contribution in [0.3, 0.4) is 0 Å². The van der Waals surface area contributed by atoms with Crippen LogP contribution in [-0.4, -0.2) is 59.9 Å². The summed E-state index contributed by atoms with van der Waals surface area (Å²) in [4.78, 5) is 82.0. The zero-order valence-corrected chi connectivity index (χ0v) is 49.2. The van der Waals surface area contributed by atoms with Crippen LogP contribution in [0.1, 0.15) is 74.8 Å². The summed E-state index contributed by atoms with van der Waals surface area (Å²) in [6.45, 7) is -0.348. The van der Waals surface area contributed by atoms with Gasteiger partial charge in [-0.25, -0.2) is 19.2 Å². The molecule has 0 radical (unpaired) electrons. The van der Waals surface area contributed by atoms with E-state index in [1.54, 1.807) is 158 Å². The molecule has 16 heteroatoms. The van der Waals surface area contributed by atoms with Crippen LogP contribution in [0.4, 0.5) is 0 Å². The minimum Gasteiger partial charge on any atom is -0.497 e. The molecule has 0 amide bonds. The lowest BCUT2D eigenvalue weighted by atomic mass is 9.90. The lowest BCUT2D eigenvalue weighted by Crippen LogP contribution is -2.12. The third-order valence-electron chi connectivity index (χ3n) is 14.5. The van der Waals surface area contributed by atoms with Crippen molar-refractivity contribution < 1.29 is 67.4 Å². The van der Waals surface area contributed by atoms with Crippen molar-refractivity contribution in [3.63, 3.8) is 0 Å². The number of benzene rings is 10. The SMILES string of the molecule is COc1ccc(/C=C(\C#N)C(=O)Oc2ccc(C(=O)Oc3ccc4cc(/C=C/C(=O)c5ccc(CO)cc5)ccc4c3-c3c(OC(=O)c4ccc(OC(=O)/C(C#N)=C/c5ccc(OC)cc5)cc4)ccc4cc(/C=C/C(=O)c5ccc(CO)cc5)ccc34)cc2)cc1. The van der Waals surface area contributed by atoms with Gasteiger partial charge in [-0.2, -0.15) is 10.5 Å². The summed E-state index contributed by atoms with van der Waals surface area (Å²) in [6.07, 6.45) is 8.89. The quantitative estimate of drug-likeness (QED) is 0.0223. The number of hydrogen-bond donors (Lipinski definition) is 2. The molecule has 10 rings (SSSR count). The molecule has 0 aliphatic rings. The highest BCUT2D eigenvalue weighted by atomic mass is 16.5. The van der Waals surface area contributed by atoms with E-state index in [1.807, 2.05) is 24.3 Å². The number of hydrogen-bond acceptors (Lipinski definition) is 16. The number of ketones is 2. The number of carbonyl (C=O) groups excluding carboxylic acids is 6. The summed E-state index contributed by atoms with van der Waals surface area (Å²) in [5.41, 5.74) is 4.57. The van der Waals surface area contributed by atoms with Crippen molar-refractivity contribution in [3.8, 4) is 57.8 Å². The number of esters is 4. The summed E-state index contributed by atoms with van der Waals surface area (Å²) < 4.78 is 34.1. The van der Waals surface area contributed by atoms with E-state index in [2.05, 4.69) is 0 Å². The van der Waals surface area contributed by atoms with Gasteiger partial charge in [-0.3, -0.25) is 9.59 Å². The molecule has 0 aliphatic heterocycles. The van der Waals surface area contributed by atoms with Gasteiger partial charge in [-0.05, 0) is 176 Å². The third-order valence-corrected chi connectivity index (χ3v) is 14.5. The fraction of sp³-hybridized carbons (Fsp3) is 0.0526. The fourth-order valence-electron chi connectivity index (χ4n) is 9.60. The summed E-state index contributed by atoms with van der Waals surface area (Å²) in [5.74, 6) is -2.86. The van der Waals surface area contributed by atoms with Gasteiger partial charge in [0.2, 0.25) is 0 Å². The van der Waals surface area contributed by atoms with Crippen molar-refractivity contribution in [2.75, 3.05) is 14.2 Å². The first-order valence-electron chi connectivity index (χ1n) is 28.3. The molecule has 0 aliphatic carbocycles. The van der Waals surface area contributed by atoms with E-state index in [4.69, 9.17) is 28.4 Å². The van der Waals surface area contributed by atoms with Crippen LogP contribution in [-0.2, 0) is 22.8 Å². The second-order valence-electron chi connectivity index (χ2n) is 20.4. The maximum atomic E-state index is 14.5. The monoisotopic (exact) mass is 1220 g/mol. The second-order valence-corrected chi connectivity index (χ2v) is 20.4. The van der Waals surface area contributed by atoms with E-state index < -0.39 is 23.9 Å². The number of rotatable bonds is 21. The van der Waals surface area contributed by atoms with Crippen molar-refractivity contribution in [1.82, 2.24) is 0 Å². The van der Waals surface area contributed by atoms with Gasteiger partial charge < -0.3 is 38.6 Å². The molecule has 0 fully saturated rings. The van der Waals surface area contributed by atoms with Crippen molar-refractivity contribution in [1.29, 1.82) is 10.5 Å². The predicted molar refractivity (Wildman–Crippen MR) is 346 cm³/mol. The first-order chi connectivity index (χ1) is 44.7. The molecule has 450 valence electrons. The number of nitriles is 2. The first kappa shape index (κ1) is 62.5. The smallest absolute Gasteiger partial charge is 0.354 e. The summed E-state index contributed by atoms with van der Waals surface area (Å²) >= 11 is 0. The number of fused-ring (bicyclic) bond motifs is 2. The Balaban J connectivity index is 1.02.